The third kappa shape index (κ3) is 5.98. The zero-order valence-electron chi connectivity index (χ0n) is 18.9. The number of nitrogens with one attached hydrogen (secondary N) is 1. The van der Waals surface area contributed by atoms with Crippen LogP contribution in [0.3, 0.4) is 0 Å². The third-order valence-electron chi connectivity index (χ3n) is 6.23. The molecule has 0 aliphatic heterocycles. The van der Waals surface area contributed by atoms with E-state index in [4.69, 9.17) is 4.74 Å². The van der Waals surface area contributed by atoms with Crippen molar-refractivity contribution in [3.05, 3.63) is 74.8 Å². The molecule has 4 rings (SSSR count). The summed E-state index contributed by atoms with van der Waals surface area (Å²) in [5.74, 6) is 1.45. The number of nitrogens with zero attached hydrogens (tertiary/aromatic N) is 4. The number of aromatic amines is 1. The number of ether oxygens (including phenoxy) is 1. The Hall–Kier alpha value is -3.20. The van der Waals surface area contributed by atoms with Crippen LogP contribution in [0.2, 0.25) is 0 Å². The number of H-pyrrole nitrogens is 1. The number of rotatable bonds is 12. The lowest BCUT2D eigenvalue weighted by molar-refractivity contribution is 0.00949. The standard InChI is InChI=1S/C24H31N5O4/c1-2-24(32,19-6-5-8-21(14-19)33-16-18-9-10-18)17-29-20(15-25-27-29)7-3-4-12-28-13-11-22(30)26-23(28)31/h5-6,8,11,13-15,18,32H,2-4,7,9-10,12,16-17H2,1H3,(H,26,30,31)/t24-/m1/s1. The van der Waals surface area contributed by atoms with E-state index < -0.39 is 16.9 Å². The van der Waals surface area contributed by atoms with Gasteiger partial charge in [0.05, 0.1) is 25.0 Å². The molecule has 2 N–H and O–H groups in total. The van der Waals surface area contributed by atoms with Crippen LogP contribution in [0.1, 0.15) is 50.3 Å². The maximum atomic E-state index is 11.8. The Morgan fingerprint density at radius 1 is 1.24 bits per heavy atom. The average Bonchev–Trinajstić information content (AvgIpc) is 3.55. The molecule has 0 radical (unpaired) electrons. The van der Waals surface area contributed by atoms with Crippen molar-refractivity contribution in [2.24, 2.45) is 5.92 Å². The van der Waals surface area contributed by atoms with Gasteiger partial charge in [-0.3, -0.25) is 9.78 Å². The van der Waals surface area contributed by atoms with Crippen LogP contribution in [-0.2, 0) is 25.1 Å². The molecule has 1 aliphatic carbocycles. The first kappa shape index (κ1) is 23.0. The van der Waals surface area contributed by atoms with Crippen LogP contribution in [0.4, 0.5) is 0 Å². The second kappa shape index (κ2) is 10.2. The molecule has 0 unspecified atom stereocenters. The molecular formula is C24H31N5O4. The van der Waals surface area contributed by atoms with Gasteiger partial charge in [-0.05, 0) is 62.1 Å². The van der Waals surface area contributed by atoms with E-state index in [0.29, 0.717) is 25.4 Å². The van der Waals surface area contributed by atoms with Gasteiger partial charge in [0.15, 0.2) is 0 Å². The smallest absolute Gasteiger partial charge is 0.328 e. The molecule has 0 spiro atoms. The highest BCUT2D eigenvalue weighted by Gasteiger charge is 2.30. The molecular weight excluding hydrogens is 422 g/mol. The Morgan fingerprint density at radius 2 is 2.09 bits per heavy atom. The minimum atomic E-state index is -1.09. The Balaban J connectivity index is 1.37. The monoisotopic (exact) mass is 453 g/mol. The molecule has 1 aromatic carbocycles. The number of unbranched alkanes of at least 4 members (excludes halogenated alkanes) is 1. The van der Waals surface area contributed by atoms with E-state index in [9.17, 15) is 14.7 Å². The van der Waals surface area contributed by atoms with Crippen LogP contribution in [0.5, 0.6) is 5.75 Å². The molecule has 0 bridgehead atoms. The Kier molecular flexibility index (Phi) is 7.08. The highest BCUT2D eigenvalue weighted by atomic mass is 16.5. The van der Waals surface area contributed by atoms with Crippen molar-refractivity contribution in [2.75, 3.05) is 6.61 Å². The molecule has 2 aromatic heterocycles. The quantitative estimate of drug-likeness (QED) is 0.407. The second-order valence-corrected chi connectivity index (χ2v) is 8.81. The van der Waals surface area contributed by atoms with Crippen LogP contribution >= 0.6 is 0 Å². The maximum absolute atomic E-state index is 11.8. The van der Waals surface area contributed by atoms with Crippen molar-refractivity contribution in [3.8, 4) is 5.75 Å². The summed E-state index contributed by atoms with van der Waals surface area (Å²) < 4.78 is 9.14. The van der Waals surface area contributed by atoms with Gasteiger partial charge < -0.3 is 14.4 Å². The summed E-state index contributed by atoms with van der Waals surface area (Å²) in [6.45, 7) is 3.50. The van der Waals surface area contributed by atoms with Crippen LogP contribution < -0.4 is 16.0 Å². The van der Waals surface area contributed by atoms with Crippen LogP contribution in [0, 0.1) is 5.92 Å². The van der Waals surface area contributed by atoms with Gasteiger partial charge in [-0.15, -0.1) is 5.10 Å². The molecule has 1 aliphatic rings. The topological polar surface area (TPSA) is 115 Å². The first-order valence-electron chi connectivity index (χ1n) is 11.6. The molecule has 3 aromatic rings. The number of benzene rings is 1. The number of aryl methyl sites for hydroxylation is 2. The van der Waals surface area contributed by atoms with E-state index in [0.717, 1.165) is 42.9 Å². The van der Waals surface area contributed by atoms with E-state index in [1.807, 2.05) is 31.2 Å². The normalized spacial score (nSPS) is 15.3. The zero-order chi connectivity index (χ0) is 23.3. The number of hydrogen-bond donors (Lipinski definition) is 2. The van der Waals surface area contributed by atoms with Gasteiger partial charge in [-0.1, -0.05) is 24.3 Å². The van der Waals surface area contributed by atoms with Crippen LogP contribution in [0.15, 0.2) is 52.3 Å². The third-order valence-corrected chi connectivity index (χ3v) is 6.23. The van der Waals surface area contributed by atoms with Gasteiger partial charge >= 0.3 is 5.69 Å². The summed E-state index contributed by atoms with van der Waals surface area (Å²) in [5, 5.41) is 19.7. The molecule has 176 valence electrons. The van der Waals surface area contributed by atoms with Crippen molar-refractivity contribution in [3.63, 3.8) is 0 Å². The summed E-state index contributed by atoms with van der Waals surface area (Å²) >= 11 is 0. The van der Waals surface area contributed by atoms with Gasteiger partial charge in [0.25, 0.3) is 5.56 Å². The molecule has 1 saturated carbocycles. The first-order chi connectivity index (χ1) is 16.0. The van der Waals surface area contributed by atoms with Crippen molar-refractivity contribution < 1.29 is 9.84 Å². The van der Waals surface area contributed by atoms with E-state index >= 15 is 0 Å². The van der Waals surface area contributed by atoms with Crippen molar-refractivity contribution >= 4 is 0 Å². The van der Waals surface area contributed by atoms with Crippen molar-refractivity contribution in [1.29, 1.82) is 0 Å². The van der Waals surface area contributed by atoms with Crippen molar-refractivity contribution in [2.45, 2.75) is 64.1 Å². The first-order valence-corrected chi connectivity index (χ1v) is 11.6. The van der Waals surface area contributed by atoms with Crippen molar-refractivity contribution in [1.82, 2.24) is 24.5 Å². The molecule has 1 fully saturated rings. The predicted molar refractivity (Wildman–Crippen MR) is 123 cm³/mol. The fourth-order valence-electron chi connectivity index (χ4n) is 3.84. The fourth-order valence-corrected chi connectivity index (χ4v) is 3.84. The van der Waals surface area contributed by atoms with Gasteiger partial charge in [-0.2, -0.15) is 0 Å². The molecule has 0 amide bonds. The predicted octanol–water partition coefficient (Wildman–Crippen LogP) is 2.24. The van der Waals surface area contributed by atoms with Crippen LogP contribution in [0.25, 0.3) is 0 Å². The summed E-state index contributed by atoms with van der Waals surface area (Å²) in [7, 11) is 0. The number of aromatic nitrogens is 5. The summed E-state index contributed by atoms with van der Waals surface area (Å²) in [6, 6.07) is 9.03. The minimum Gasteiger partial charge on any atom is -0.493 e. The molecule has 1 atom stereocenters. The molecule has 2 heterocycles. The molecule has 0 saturated heterocycles. The Morgan fingerprint density at radius 3 is 2.85 bits per heavy atom. The minimum absolute atomic E-state index is 0.296. The fraction of sp³-hybridized carbons (Fsp3) is 0.500. The van der Waals surface area contributed by atoms with Gasteiger partial charge in [0.1, 0.15) is 11.4 Å². The van der Waals surface area contributed by atoms with Gasteiger partial charge in [-0.25, -0.2) is 9.48 Å². The Labute approximate surface area is 192 Å². The lowest BCUT2D eigenvalue weighted by Crippen LogP contribution is -2.32. The Bertz CT molecular complexity index is 1180. The van der Waals surface area contributed by atoms with E-state index in [2.05, 4.69) is 15.3 Å². The highest BCUT2D eigenvalue weighted by Crippen LogP contribution is 2.32. The lowest BCUT2D eigenvalue weighted by Gasteiger charge is -2.28. The highest BCUT2D eigenvalue weighted by molar-refractivity contribution is 5.32. The summed E-state index contributed by atoms with van der Waals surface area (Å²) in [5.41, 5.74) is -0.154. The van der Waals surface area contributed by atoms with E-state index in [1.165, 1.54) is 29.7 Å². The van der Waals surface area contributed by atoms with Gasteiger partial charge in [0.2, 0.25) is 0 Å². The number of hydrogen-bond acceptors (Lipinski definition) is 6. The second-order valence-electron chi connectivity index (χ2n) is 8.81. The summed E-state index contributed by atoms with van der Waals surface area (Å²) in [4.78, 5) is 25.2. The SMILES string of the molecule is CC[C@@](O)(Cn1nncc1CCCCn1ccc(=O)[nH]c1=O)c1cccc(OCC2CC2)c1. The molecule has 9 heteroatoms. The largest absolute Gasteiger partial charge is 0.493 e. The number of aliphatic hydroxyl groups is 1. The van der Waals surface area contributed by atoms with E-state index in [-0.39, 0.29) is 0 Å². The molecule has 9 nitrogen and oxygen atoms in total. The van der Waals surface area contributed by atoms with Crippen LogP contribution in [-0.4, -0.2) is 36.3 Å². The zero-order valence-corrected chi connectivity index (χ0v) is 18.9. The molecule has 33 heavy (non-hydrogen) atoms. The van der Waals surface area contributed by atoms with E-state index in [1.54, 1.807) is 10.9 Å². The average molecular weight is 454 g/mol. The summed E-state index contributed by atoms with van der Waals surface area (Å²) in [6.07, 6.45) is 8.51. The maximum Gasteiger partial charge on any atom is 0.328 e. The van der Waals surface area contributed by atoms with Gasteiger partial charge in [0, 0.05) is 18.8 Å². The lowest BCUT2D eigenvalue weighted by atomic mass is 9.90.